The number of methoxy groups -OCH3 is 1. The maximum Gasteiger partial charge on any atom is 0.344 e. The first kappa shape index (κ1) is 17.6. The smallest absolute Gasteiger partial charge is 0.344 e. The van der Waals surface area contributed by atoms with E-state index in [1.807, 2.05) is 42.5 Å². The zero-order valence-electron chi connectivity index (χ0n) is 15.9. The van der Waals surface area contributed by atoms with E-state index in [4.69, 9.17) is 9.15 Å². The number of piperazine rings is 1. The van der Waals surface area contributed by atoms with E-state index in [2.05, 4.69) is 30.1 Å². The second-order valence-electron chi connectivity index (χ2n) is 7.24. The van der Waals surface area contributed by atoms with Crippen LogP contribution in [0, 0.1) is 0 Å². The van der Waals surface area contributed by atoms with Gasteiger partial charge in [-0.25, -0.2) is 4.79 Å². The minimum Gasteiger partial charge on any atom is -0.496 e. The Kier molecular flexibility index (Phi) is 4.62. The van der Waals surface area contributed by atoms with Gasteiger partial charge in [0.25, 0.3) is 0 Å². The number of nitrogens with one attached hydrogen (secondary N) is 1. The average molecular weight is 364 g/mol. The number of benzene rings is 2. The number of nitrogens with zero attached hydrogens (tertiary/aromatic N) is 1. The van der Waals surface area contributed by atoms with E-state index in [-0.39, 0.29) is 5.63 Å². The summed E-state index contributed by atoms with van der Waals surface area (Å²) < 4.78 is 11.0. The lowest BCUT2D eigenvalue weighted by atomic mass is 10.1. The molecule has 2 heterocycles. The van der Waals surface area contributed by atoms with Crippen molar-refractivity contribution < 1.29 is 9.15 Å². The first-order valence-electron chi connectivity index (χ1n) is 9.27. The highest BCUT2D eigenvalue weighted by atomic mass is 16.5. The van der Waals surface area contributed by atoms with Gasteiger partial charge in [0.2, 0.25) is 0 Å². The van der Waals surface area contributed by atoms with Crippen molar-refractivity contribution in [2.75, 3.05) is 25.1 Å². The number of fused-ring (bicyclic) bond motifs is 1. The van der Waals surface area contributed by atoms with Crippen LogP contribution in [0.15, 0.2) is 57.7 Å². The summed E-state index contributed by atoms with van der Waals surface area (Å²) >= 11 is 0. The van der Waals surface area contributed by atoms with E-state index in [0.717, 1.165) is 29.7 Å². The van der Waals surface area contributed by atoms with E-state index in [9.17, 15) is 4.79 Å². The number of anilines is 1. The third-order valence-electron chi connectivity index (χ3n) is 5.04. The Labute approximate surface area is 158 Å². The summed E-state index contributed by atoms with van der Waals surface area (Å²) in [5.41, 5.74) is 1.50. The van der Waals surface area contributed by atoms with Crippen molar-refractivity contribution in [1.29, 1.82) is 0 Å². The maximum absolute atomic E-state index is 12.7. The Morgan fingerprint density at radius 3 is 2.56 bits per heavy atom. The molecule has 4 rings (SSSR count). The van der Waals surface area contributed by atoms with Crippen LogP contribution in [0.3, 0.4) is 0 Å². The number of hydrogen-bond acceptors (Lipinski definition) is 5. The number of hydrogen-bond donors (Lipinski definition) is 1. The Bertz CT molecular complexity index is 1020. The summed E-state index contributed by atoms with van der Waals surface area (Å²) in [4.78, 5) is 15.0. The fourth-order valence-electron chi connectivity index (χ4n) is 3.89. The van der Waals surface area contributed by atoms with Gasteiger partial charge in [0.15, 0.2) is 0 Å². The molecule has 1 N–H and O–H groups in total. The lowest BCUT2D eigenvalue weighted by Crippen LogP contribution is -2.54. The predicted octanol–water partition coefficient (Wildman–Crippen LogP) is 3.66. The topological polar surface area (TPSA) is 54.7 Å². The van der Waals surface area contributed by atoms with Crippen molar-refractivity contribution in [2.24, 2.45) is 0 Å². The zero-order chi connectivity index (χ0) is 19.0. The summed E-state index contributed by atoms with van der Waals surface area (Å²) in [6.45, 7) is 6.19. The molecule has 0 saturated carbocycles. The Balaban J connectivity index is 1.76. The summed E-state index contributed by atoms with van der Waals surface area (Å²) in [7, 11) is 1.61. The van der Waals surface area contributed by atoms with Crippen LogP contribution in [0.25, 0.3) is 22.1 Å². The predicted molar refractivity (Wildman–Crippen MR) is 109 cm³/mol. The lowest BCUT2D eigenvalue weighted by molar-refractivity contribution is 0.407. The van der Waals surface area contributed by atoms with Crippen LogP contribution >= 0.6 is 0 Å². The summed E-state index contributed by atoms with van der Waals surface area (Å²) in [6, 6.07) is 16.3. The molecule has 5 heteroatoms. The molecular weight excluding hydrogens is 340 g/mol. The van der Waals surface area contributed by atoms with Crippen molar-refractivity contribution >= 4 is 16.5 Å². The molecular formula is C22H24N2O3. The van der Waals surface area contributed by atoms with Crippen molar-refractivity contribution in [3.63, 3.8) is 0 Å². The highest BCUT2D eigenvalue weighted by Crippen LogP contribution is 2.31. The van der Waals surface area contributed by atoms with Crippen LogP contribution in [-0.4, -0.2) is 32.3 Å². The second-order valence-corrected chi connectivity index (χ2v) is 7.24. The van der Waals surface area contributed by atoms with E-state index < -0.39 is 0 Å². The third-order valence-corrected chi connectivity index (χ3v) is 5.04. The molecule has 1 fully saturated rings. The van der Waals surface area contributed by atoms with Crippen LogP contribution in [0.1, 0.15) is 13.8 Å². The minimum absolute atomic E-state index is 0.327. The van der Waals surface area contributed by atoms with Crippen LogP contribution < -0.4 is 20.6 Å². The van der Waals surface area contributed by atoms with E-state index >= 15 is 0 Å². The molecule has 1 aromatic heterocycles. The molecule has 1 aliphatic rings. The van der Waals surface area contributed by atoms with Crippen molar-refractivity contribution in [1.82, 2.24) is 5.32 Å². The van der Waals surface area contributed by atoms with E-state index in [1.54, 1.807) is 7.11 Å². The highest BCUT2D eigenvalue weighted by molar-refractivity contribution is 5.87. The molecule has 5 nitrogen and oxygen atoms in total. The molecule has 2 atom stereocenters. The Hall–Kier alpha value is -2.79. The first-order valence-corrected chi connectivity index (χ1v) is 9.27. The molecule has 0 bridgehead atoms. The van der Waals surface area contributed by atoms with Crippen molar-refractivity contribution in [3.8, 4) is 17.1 Å². The van der Waals surface area contributed by atoms with Crippen LogP contribution in [0.4, 0.5) is 5.69 Å². The van der Waals surface area contributed by atoms with E-state index in [1.165, 1.54) is 0 Å². The first-order chi connectivity index (χ1) is 13.0. The fraction of sp³-hybridized carbons (Fsp3) is 0.318. The standard InChI is InChI=1S/C22H24N2O3/c1-14-12-24(13-15(2)23-14)17-9-8-16-10-21(27-22(25)19(16)11-17)18-6-4-5-7-20(18)26-3/h4-11,14-15,23H,12-13H2,1-3H3/t14-,15+. The molecule has 0 aliphatic carbocycles. The quantitative estimate of drug-likeness (QED) is 0.769. The molecule has 1 aliphatic heterocycles. The number of ether oxygens (including phenoxy) is 1. The SMILES string of the molecule is COc1ccccc1-c1cc2ccc(N3C[C@@H](C)N[C@@H](C)C3)cc2c(=O)o1. The van der Waals surface area contributed by atoms with Gasteiger partial charge < -0.3 is 19.4 Å². The van der Waals surface area contributed by atoms with Gasteiger partial charge in [-0.15, -0.1) is 0 Å². The minimum atomic E-state index is -0.327. The monoisotopic (exact) mass is 364 g/mol. The molecule has 3 aromatic rings. The van der Waals surface area contributed by atoms with Gasteiger partial charge in [0.05, 0.1) is 18.1 Å². The molecule has 0 amide bonds. The van der Waals surface area contributed by atoms with Gasteiger partial charge in [-0.05, 0) is 49.6 Å². The summed E-state index contributed by atoms with van der Waals surface area (Å²) in [6.07, 6.45) is 0. The second kappa shape index (κ2) is 7.08. The Morgan fingerprint density at radius 1 is 1.07 bits per heavy atom. The van der Waals surface area contributed by atoms with Gasteiger partial charge in [-0.1, -0.05) is 18.2 Å². The number of rotatable bonds is 3. The van der Waals surface area contributed by atoms with Gasteiger partial charge in [0.1, 0.15) is 11.5 Å². The molecule has 0 spiro atoms. The Morgan fingerprint density at radius 2 is 1.81 bits per heavy atom. The molecule has 140 valence electrons. The molecule has 0 unspecified atom stereocenters. The van der Waals surface area contributed by atoms with E-state index in [0.29, 0.717) is 29.0 Å². The zero-order valence-corrected chi connectivity index (χ0v) is 15.9. The van der Waals surface area contributed by atoms with Gasteiger partial charge in [-0.2, -0.15) is 0 Å². The average Bonchev–Trinajstić information content (AvgIpc) is 2.67. The molecule has 27 heavy (non-hydrogen) atoms. The van der Waals surface area contributed by atoms with Gasteiger partial charge in [-0.3, -0.25) is 0 Å². The van der Waals surface area contributed by atoms with Crippen molar-refractivity contribution in [2.45, 2.75) is 25.9 Å². The lowest BCUT2D eigenvalue weighted by Gasteiger charge is -2.37. The summed E-state index contributed by atoms with van der Waals surface area (Å²) in [5.74, 6) is 1.20. The normalized spacial score (nSPS) is 20.0. The number of para-hydroxylation sites is 1. The van der Waals surface area contributed by atoms with Gasteiger partial charge in [0, 0.05) is 30.9 Å². The maximum atomic E-state index is 12.7. The molecule has 0 radical (unpaired) electrons. The van der Waals surface area contributed by atoms with Gasteiger partial charge >= 0.3 is 5.63 Å². The molecule has 2 aromatic carbocycles. The molecule has 1 saturated heterocycles. The third kappa shape index (κ3) is 3.43. The highest BCUT2D eigenvalue weighted by Gasteiger charge is 2.21. The van der Waals surface area contributed by atoms with Crippen molar-refractivity contribution in [3.05, 3.63) is 59.0 Å². The van der Waals surface area contributed by atoms with Crippen LogP contribution in [0.2, 0.25) is 0 Å². The summed E-state index contributed by atoms with van der Waals surface area (Å²) in [5, 5.41) is 5.00. The van der Waals surface area contributed by atoms with Crippen LogP contribution in [-0.2, 0) is 0 Å². The fourth-order valence-corrected chi connectivity index (χ4v) is 3.89. The van der Waals surface area contributed by atoms with Crippen LogP contribution in [0.5, 0.6) is 5.75 Å². The largest absolute Gasteiger partial charge is 0.496 e.